The summed E-state index contributed by atoms with van der Waals surface area (Å²) in [6.07, 6.45) is 8.02. The number of pyridine rings is 1. The zero-order valence-electron chi connectivity index (χ0n) is 11.3. The molecule has 3 aromatic rings. The molecule has 100 valence electrons. The van der Waals surface area contributed by atoms with Gasteiger partial charge in [-0.15, -0.1) is 0 Å². The van der Waals surface area contributed by atoms with Crippen molar-refractivity contribution < 1.29 is 4.79 Å². The molecule has 0 unspecified atom stereocenters. The second-order valence-corrected chi connectivity index (χ2v) is 4.66. The van der Waals surface area contributed by atoms with Gasteiger partial charge in [-0.2, -0.15) is 0 Å². The SMILES string of the molecule is Cc1ccc(C)n1-c1cncc(C(=O)n2ccnc2)c1. The molecule has 0 bridgehead atoms. The third kappa shape index (κ3) is 2.03. The van der Waals surface area contributed by atoms with Gasteiger partial charge in [0, 0.05) is 30.0 Å². The molecular formula is C15H14N4O. The van der Waals surface area contributed by atoms with Crippen molar-refractivity contribution >= 4 is 5.91 Å². The number of carbonyl (C=O) groups is 1. The smallest absolute Gasteiger partial charge is 0.264 e. The molecular weight excluding hydrogens is 252 g/mol. The average Bonchev–Trinajstić information content (AvgIpc) is 3.09. The van der Waals surface area contributed by atoms with Crippen LogP contribution >= 0.6 is 0 Å². The van der Waals surface area contributed by atoms with Gasteiger partial charge < -0.3 is 4.57 Å². The zero-order valence-corrected chi connectivity index (χ0v) is 11.3. The van der Waals surface area contributed by atoms with E-state index in [9.17, 15) is 4.79 Å². The predicted octanol–water partition coefficient (Wildman–Crippen LogP) is 2.37. The zero-order chi connectivity index (χ0) is 14.1. The molecule has 0 aromatic carbocycles. The summed E-state index contributed by atoms with van der Waals surface area (Å²) in [6.45, 7) is 4.05. The standard InChI is InChI=1S/C15H14N4O/c1-11-3-4-12(2)19(11)14-7-13(8-17-9-14)15(20)18-6-5-16-10-18/h3-10H,1-2H3. The molecule has 0 saturated carbocycles. The summed E-state index contributed by atoms with van der Waals surface area (Å²) in [7, 11) is 0. The van der Waals surface area contributed by atoms with Crippen LogP contribution in [0.1, 0.15) is 21.7 Å². The second kappa shape index (κ2) is 4.77. The lowest BCUT2D eigenvalue weighted by Gasteiger charge is -2.10. The summed E-state index contributed by atoms with van der Waals surface area (Å²) in [5.74, 6) is -0.140. The van der Waals surface area contributed by atoms with E-state index in [1.54, 1.807) is 24.8 Å². The van der Waals surface area contributed by atoms with Gasteiger partial charge in [-0.25, -0.2) is 4.98 Å². The van der Waals surface area contributed by atoms with Crippen LogP contribution in [-0.2, 0) is 0 Å². The fourth-order valence-corrected chi connectivity index (χ4v) is 2.27. The van der Waals surface area contributed by atoms with Gasteiger partial charge in [-0.05, 0) is 32.0 Å². The highest BCUT2D eigenvalue weighted by Crippen LogP contribution is 2.16. The molecule has 0 fully saturated rings. The topological polar surface area (TPSA) is 52.7 Å². The summed E-state index contributed by atoms with van der Waals surface area (Å²) in [4.78, 5) is 20.3. The Kier molecular flexibility index (Phi) is 2.95. The molecule has 3 aromatic heterocycles. The molecule has 0 aliphatic rings. The van der Waals surface area contributed by atoms with Gasteiger partial charge in [0.2, 0.25) is 0 Å². The number of aryl methyl sites for hydroxylation is 2. The van der Waals surface area contributed by atoms with Crippen molar-refractivity contribution in [3.8, 4) is 5.69 Å². The number of carbonyl (C=O) groups excluding carboxylic acids is 1. The van der Waals surface area contributed by atoms with Crippen molar-refractivity contribution in [1.29, 1.82) is 0 Å². The van der Waals surface area contributed by atoms with E-state index in [-0.39, 0.29) is 5.91 Å². The number of hydrogen-bond donors (Lipinski definition) is 0. The lowest BCUT2D eigenvalue weighted by Crippen LogP contribution is -2.11. The molecule has 0 aliphatic carbocycles. The largest absolute Gasteiger partial charge is 0.317 e. The van der Waals surface area contributed by atoms with Crippen molar-refractivity contribution in [2.24, 2.45) is 0 Å². The second-order valence-electron chi connectivity index (χ2n) is 4.66. The first-order chi connectivity index (χ1) is 9.66. The third-order valence-corrected chi connectivity index (χ3v) is 3.24. The predicted molar refractivity (Wildman–Crippen MR) is 75.0 cm³/mol. The fourth-order valence-electron chi connectivity index (χ4n) is 2.27. The molecule has 0 amide bonds. The molecule has 0 spiro atoms. The highest BCUT2D eigenvalue weighted by molar-refractivity contribution is 5.95. The van der Waals surface area contributed by atoms with Crippen molar-refractivity contribution in [2.75, 3.05) is 0 Å². The Bertz CT molecular complexity index is 737. The van der Waals surface area contributed by atoms with Gasteiger partial charge in [0.05, 0.1) is 17.4 Å². The van der Waals surface area contributed by atoms with E-state index >= 15 is 0 Å². The molecule has 0 aliphatic heterocycles. The van der Waals surface area contributed by atoms with Crippen LogP contribution in [0.4, 0.5) is 0 Å². The summed E-state index contributed by atoms with van der Waals surface area (Å²) in [5, 5.41) is 0. The molecule has 3 heterocycles. The number of imidazole rings is 1. The Balaban J connectivity index is 2.05. The highest BCUT2D eigenvalue weighted by Gasteiger charge is 2.11. The van der Waals surface area contributed by atoms with Crippen LogP contribution < -0.4 is 0 Å². The maximum absolute atomic E-state index is 12.3. The van der Waals surface area contributed by atoms with Crippen LogP contribution in [0.15, 0.2) is 49.3 Å². The minimum atomic E-state index is -0.140. The Morgan fingerprint density at radius 2 is 1.85 bits per heavy atom. The summed E-state index contributed by atoms with van der Waals surface area (Å²) in [5.41, 5.74) is 3.64. The van der Waals surface area contributed by atoms with Crippen molar-refractivity contribution in [2.45, 2.75) is 13.8 Å². The van der Waals surface area contributed by atoms with Crippen LogP contribution in [0.2, 0.25) is 0 Å². The molecule has 5 heteroatoms. The molecule has 0 saturated heterocycles. The minimum Gasteiger partial charge on any atom is -0.317 e. The summed E-state index contributed by atoms with van der Waals surface area (Å²) < 4.78 is 3.51. The van der Waals surface area contributed by atoms with Crippen LogP contribution in [-0.4, -0.2) is 25.0 Å². The lowest BCUT2D eigenvalue weighted by molar-refractivity contribution is 0.0959. The first kappa shape index (κ1) is 12.3. The van der Waals surface area contributed by atoms with Crippen LogP contribution in [0.25, 0.3) is 5.69 Å². The monoisotopic (exact) mass is 266 g/mol. The summed E-state index contributed by atoms with van der Waals surface area (Å²) in [6, 6.07) is 5.93. The van der Waals surface area contributed by atoms with Gasteiger partial charge in [-0.1, -0.05) is 0 Å². The molecule has 0 atom stereocenters. The maximum Gasteiger partial charge on any atom is 0.264 e. The van der Waals surface area contributed by atoms with Crippen molar-refractivity contribution in [1.82, 2.24) is 19.1 Å². The fraction of sp³-hybridized carbons (Fsp3) is 0.133. The molecule has 0 N–H and O–H groups in total. The maximum atomic E-state index is 12.3. The molecule has 0 radical (unpaired) electrons. The van der Waals surface area contributed by atoms with Crippen LogP contribution in [0.3, 0.4) is 0 Å². The van der Waals surface area contributed by atoms with E-state index in [1.807, 2.05) is 32.0 Å². The molecule has 5 nitrogen and oxygen atoms in total. The van der Waals surface area contributed by atoms with Crippen LogP contribution in [0, 0.1) is 13.8 Å². The molecule has 3 rings (SSSR count). The number of rotatable bonds is 2. The van der Waals surface area contributed by atoms with E-state index in [4.69, 9.17) is 0 Å². The number of hydrogen-bond acceptors (Lipinski definition) is 3. The number of aromatic nitrogens is 4. The van der Waals surface area contributed by atoms with Gasteiger partial charge in [0.25, 0.3) is 5.91 Å². The van der Waals surface area contributed by atoms with Gasteiger partial charge >= 0.3 is 0 Å². The quantitative estimate of drug-likeness (QED) is 0.715. The lowest BCUT2D eigenvalue weighted by atomic mass is 10.2. The Morgan fingerprint density at radius 1 is 1.10 bits per heavy atom. The van der Waals surface area contributed by atoms with Gasteiger partial charge in [0.1, 0.15) is 6.33 Å². The molecule has 20 heavy (non-hydrogen) atoms. The third-order valence-electron chi connectivity index (χ3n) is 3.24. The van der Waals surface area contributed by atoms with E-state index in [2.05, 4.69) is 14.5 Å². The van der Waals surface area contributed by atoms with Crippen LogP contribution in [0.5, 0.6) is 0 Å². The Labute approximate surface area is 116 Å². The first-order valence-electron chi connectivity index (χ1n) is 6.30. The number of nitrogens with zero attached hydrogens (tertiary/aromatic N) is 4. The van der Waals surface area contributed by atoms with E-state index in [1.165, 1.54) is 10.9 Å². The van der Waals surface area contributed by atoms with Crippen molar-refractivity contribution in [3.63, 3.8) is 0 Å². The minimum absolute atomic E-state index is 0.140. The van der Waals surface area contributed by atoms with Crippen molar-refractivity contribution in [3.05, 3.63) is 66.3 Å². The van der Waals surface area contributed by atoms with E-state index in [0.717, 1.165) is 17.1 Å². The summed E-state index contributed by atoms with van der Waals surface area (Å²) >= 11 is 0. The Morgan fingerprint density at radius 3 is 2.50 bits per heavy atom. The van der Waals surface area contributed by atoms with E-state index in [0.29, 0.717) is 5.56 Å². The van der Waals surface area contributed by atoms with Gasteiger partial charge in [0.15, 0.2) is 0 Å². The average molecular weight is 266 g/mol. The Hall–Kier alpha value is -2.69. The normalized spacial score (nSPS) is 10.7. The highest BCUT2D eigenvalue weighted by atomic mass is 16.2. The first-order valence-corrected chi connectivity index (χ1v) is 6.30. The van der Waals surface area contributed by atoms with E-state index < -0.39 is 0 Å². The van der Waals surface area contributed by atoms with Gasteiger partial charge in [-0.3, -0.25) is 14.3 Å².